The molecule has 106 valence electrons. The van der Waals surface area contributed by atoms with Crippen molar-refractivity contribution in [3.8, 4) is 0 Å². The van der Waals surface area contributed by atoms with Crippen LogP contribution in [-0.4, -0.2) is 0 Å². The maximum atomic E-state index is 13.8. The zero-order chi connectivity index (χ0) is 14.8. The second-order valence-corrected chi connectivity index (χ2v) is 6.05. The molecule has 0 amide bonds. The Morgan fingerprint density at radius 1 is 0.762 bits per heavy atom. The van der Waals surface area contributed by atoms with E-state index in [-0.39, 0.29) is 16.5 Å². The number of halogens is 3. The summed E-state index contributed by atoms with van der Waals surface area (Å²) >= 11 is 3.61. The fourth-order valence-electron chi connectivity index (χ4n) is 2.53. The molecule has 3 heteroatoms. The molecule has 21 heavy (non-hydrogen) atoms. The molecule has 3 aromatic carbocycles. The van der Waals surface area contributed by atoms with E-state index in [9.17, 15) is 8.78 Å². The van der Waals surface area contributed by atoms with Crippen molar-refractivity contribution >= 4 is 26.7 Å². The lowest BCUT2D eigenvalue weighted by Crippen LogP contribution is -1.99. The molecule has 0 spiro atoms. The molecule has 0 aromatic heterocycles. The van der Waals surface area contributed by atoms with Crippen molar-refractivity contribution in [1.29, 1.82) is 0 Å². The van der Waals surface area contributed by atoms with E-state index in [1.807, 2.05) is 24.3 Å². The van der Waals surface area contributed by atoms with Crippen molar-refractivity contribution in [2.75, 3.05) is 0 Å². The molecule has 0 N–H and O–H groups in total. The molecule has 3 aromatic rings. The summed E-state index contributed by atoms with van der Waals surface area (Å²) in [6.07, 6.45) is 0.516. The fourth-order valence-corrected chi connectivity index (χ4v) is 3.27. The molecule has 3 rings (SSSR count). The lowest BCUT2D eigenvalue weighted by molar-refractivity contribution is 0.608. The summed E-state index contributed by atoms with van der Waals surface area (Å²) in [6.45, 7) is 0. The molecular weight excluding hydrogens is 334 g/mol. The Morgan fingerprint density at radius 2 is 1.43 bits per heavy atom. The van der Waals surface area contributed by atoms with Crippen LogP contribution in [0.3, 0.4) is 0 Å². The van der Waals surface area contributed by atoms with Crippen LogP contribution in [0.15, 0.2) is 60.7 Å². The van der Waals surface area contributed by atoms with Crippen molar-refractivity contribution in [3.63, 3.8) is 0 Å². The number of rotatable bonds is 3. The summed E-state index contributed by atoms with van der Waals surface area (Å²) in [5.41, 5.74) is 1.61. The first-order chi connectivity index (χ1) is 10.2. The molecule has 0 aliphatic carbocycles. The Hall–Kier alpha value is -1.74. The van der Waals surface area contributed by atoms with Gasteiger partial charge in [0.05, 0.1) is 0 Å². The molecule has 0 heterocycles. The van der Waals surface area contributed by atoms with Gasteiger partial charge in [0.15, 0.2) is 0 Å². The summed E-state index contributed by atoms with van der Waals surface area (Å²) in [6, 6.07) is 17.3. The van der Waals surface area contributed by atoms with E-state index in [0.29, 0.717) is 17.4 Å². The molecule has 0 fully saturated rings. The summed E-state index contributed by atoms with van der Waals surface area (Å²) in [7, 11) is 0. The van der Waals surface area contributed by atoms with Crippen molar-refractivity contribution < 1.29 is 8.78 Å². The molecule has 0 saturated heterocycles. The number of hydrogen-bond acceptors (Lipinski definition) is 0. The molecule has 0 nitrogen and oxygen atoms in total. The number of hydrogen-bond donors (Lipinski definition) is 0. The maximum absolute atomic E-state index is 13.8. The van der Waals surface area contributed by atoms with Crippen LogP contribution < -0.4 is 0 Å². The zero-order valence-electron chi connectivity index (χ0n) is 11.2. The van der Waals surface area contributed by atoms with E-state index in [1.165, 1.54) is 12.1 Å². The standard InChI is InChI=1S/C18H13BrF2/c19-16(11-12-5-1-4-8-17(12)20)14-9-10-18(21)15-7-3-2-6-13(14)15/h1-10,16H,11H2. The van der Waals surface area contributed by atoms with Crippen molar-refractivity contribution in [3.05, 3.63) is 83.4 Å². The SMILES string of the molecule is Fc1ccccc1CC(Br)c1ccc(F)c2ccccc12. The topological polar surface area (TPSA) is 0 Å². The monoisotopic (exact) mass is 346 g/mol. The Bertz CT molecular complexity index is 783. The van der Waals surface area contributed by atoms with Gasteiger partial charge < -0.3 is 0 Å². The third-order valence-corrected chi connectivity index (χ3v) is 4.42. The molecule has 1 unspecified atom stereocenters. The lowest BCUT2D eigenvalue weighted by Gasteiger charge is -2.14. The first-order valence-corrected chi connectivity index (χ1v) is 7.63. The zero-order valence-corrected chi connectivity index (χ0v) is 12.8. The van der Waals surface area contributed by atoms with Gasteiger partial charge in [-0.25, -0.2) is 8.78 Å². The van der Waals surface area contributed by atoms with Crippen LogP contribution in [0.2, 0.25) is 0 Å². The van der Waals surface area contributed by atoms with Crippen LogP contribution in [-0.2, 0) is 6.42 Å². The average Bonchev–Trinajstić information content (AvgIpc) is 2.50. The number of fused-ring (bicyclic) bond motifs is 1. The highest BCUT2D eigenvalue weighted by atomic mass is 79.9. The van der Waals surface area contributed by atoms with Gasteiger partial charge in [-0.1, -0.05) is 64.5 Å². The van der Waals surface area contributed by atoms with E-state index >= 15 is 0 Å². The second kappa shape index (κ2) is 5.94. The van der Waals surface area contributed by atoms with Crippen molar-refractivity contribution in [1.82, 2.24) is 0 Å². The molecule has 0 aliphatic heterocycles. The first kappa shape index (κ1) is 14.2. The second-order valence-electron chi connectivity index (χ2n) is 4.95. The highest BCUT2D eigenvalue weighted by Gasteiger charge is 2.15. The van der Waals surface area contributed by atoms with E-state index < -0.39 is 0 Å². The van der Waals surface area contributed by atoms with E-state index in [4.69, 9.17) is 0 Å². The highest BCUT2D eigenvalue weighted by molar-refractivity contribution is 9.09. The van der Waals surface area contributed by atoms with Crippen LogP contribution in [0.5, 0.6) is 0 Å². The van der Waals surface area contributed by atoms with Gasteiger partial charge in [-0.15, -0.1) is 0 Å². The van der Waals surface area contributed by atoms with E-state index in [0.717, 1.165) is 10.9 Å². The van der Waals surface area contributed by atoms with Crippen LogP contribution >= 0.6 is 15.9 Å². The van der Waals surface area contributed by atoms with Gasteiger partial charge in [0.25, 0.3) is 0 Å². The quantitative estimate of drug-likeness (QED) is 0.526. The smallest absolute Gasteiger partial charge is 0.131 e. The summed E-state index contributed by atoms with van der Waals surface area (Å²) < 4.78 is 27.6. The van der Waals surface area contributed by atoms with Crippen LogP contribution in [0.1, 0.15) is 16.0 Å². The van der Waals surface area contributed by atoms with Gasteiger partial charge in [0.2, 0.25) is 0 Å². The first-order valence-electron chi connectivity index (χ1n) is 6.71. The molecule has 0 radical (unpaired) electrons. The largest absolute Gasteiger partial charge is 0.207 e. The summed E-state index contributed by atoms with van der Waals surface area (Å²) in [4.78, 5) is -0.0695. The van der Waals surface area contributed by atoms with Crippen molar-refractivity contribution in [2.45, 2.75) is 11.2 Å². The highest BCUT2D eigenvalue weighted by Crippen LogP contribution is 2.34. The Labute approximate surface area is 130 Å². The molecule has 0 saturated carbocycles. The average molecular weight is 347 g/mol. The van der Waals surface area contributed by atoms with Gasteiger partial charge in [-0.2, -0.15) is 0 Å². The molecule has 0 aliphatic rings. The Kier molecular flexibility index (Phi) is 4.02. The minimum atomic E-state index is -0.236. The van der Waals surface area contributed by atoms with E-state index in [2.05, 4.69) is 15.9 Å². The van der Waals surface area contributed by atoms with Gasteiger partial charge in [-0.3, -0.25) is 0 Å². The van der Waals surface area contributed by atoms with E-state index in [1.54, 1.807) is 24.3 Å². The Morgan fingerprint density at radius 3 is 2.19 bits per heavy atom. The third-order valence-electron chi connectivity index (χ3n) is 3.60. The Balaban J connectivity index is 2.01. The van der Waals surface area contributed by atoms with Gasteiger partial charge >= 0.3 is 0 Å². The fraction of sp³-hybridized carbons (Fsp3) is 0.111. The van der Waals surface area contributed by atoms with Crippen molar-refractivity contribution in [2.24, 2.45) is 0 Å². The molecular formula is C18H13BrF2. The normalized spacial score (nSPS) is 12.5. The van der Waals surface area contributed by atoms with Gasteiger partial charge in [0.1, 0.15) is 11.6 Å². The predicted octanol–water partition coefficient (Wildman–Crippen LogP) is 5.80. The molecule has 1 atom stereocenters. The minimum Gasteiger partial charge on any atom is -0.207 e. The number of alkyl halides is 1. The van der Waals surface area contributed by atoms with Gasteiger partial charge in [-0.05, 0) is 35.1 Å². The molecule has 0 bridgehead atoms. The van der Waals surface area contributed by atoms with Gasteiger partial charge in [0, 0.05) is 10.2 Å². The number of benzene rings is 3. The maximum Gasteiger partial charge on any atom is 0.131 e. The van der Waals surface area contributed by atoms with Crippen LogP contribution in [0, 0.1) is 11.6 Å². The lowest BCUT2D eigenvalue weighted by atomic mass is 9.98. The van der Waals surface area contributed by atoms with Crippen LogP contribution in [0.25, 0.3) is 10.8 Å². The predicted molar refractivity (Wildman–Crippen MR) is 85.7 cm³/mol. The minimum absolute atomic E-state index is 0.0695. The summed E-state index contributed by atoms with van der Waals surface area (Å²) in [5.74, 6) is -0.451. The third kappa shape index (κ3) is 2.84. The summed E-state index contributed by atoms with van der Waals surface area (Å²) in [5, 5.41) is 1.45. The van der Waals surface area contributed by atoms with Crippen LogP contribution in [0.4, 0.5) is 8.78 Å².